The molecule has 2 heteroatoms. The Morgan fingerprint density at radius 2 is 1.44 bits per heavy atom. The zero-order valence-corrected chi connectivity index (χ0v) is 11.6. The van der Waals surface area contributed by atoms with Crippen LogP contribution < -0.4 is 5.73 Å². The molecule has 0 aromatic rings. The van der Waals surface area contributed by atoms with Gasteiger partial charge in [0.05, 0.1) is 0 Å². The minimum absolute atomic E-state index is 0.655. The van der Waals surface area contributed by atoms with E-state index in [1.165, 1.54) is 25.9 Å². The van der Waals surface area contributed by atoms with Crippen molar-refractivity contribution in [3.05, 3.63) is 12.2 Å². The van der Waals surface area contributed by atoms with E-state index in [1.54, 1.807) is 0 Å². The van der Waals surface area contributed by atoms with Crippen molar-refractivity contribution in [1.29, 1.82) is 0 Å². The molecule has 2 nitrogen and oxygen atoms in total. The molecule has 0 radical (unpaired) electrons. The second-order valence-electron chi connectivity index (χ2n) is 5.37. The van der Waals surface area contributed by atoms with Crippen LogP contribution in [0.25, 0.3) is 0 Å². The number of nitrogens with two attached hydrogens (primary N) is 1. The lowest BCUT2D eigenvalue weighted by atomic mass is 10.1. The highest BCUT2D eigenvalue weighted by molar-refractivity contribution is 4.85. The van der Waals surface area contributed by atoms with E-state index in [2.05, 4.69) is 44.7 Å². The summed E-state index contributed by atoms with van der Waals surface area (Å²) in [6, 6.07) is 0. The van der Waals surface area contributed by atoms with Gasteiger partial charge in [0.15, 0.2) is 0 Å². The van der Waals surface area contributed by atoms with Gasteiger partial charge in [0.2, 0.25) is 0 Å². The predicted octanol–water partition coefficient (Wildman–Crippen LogP) is 2.90. The number of hydrogen-bond acceptors (Lipinski definition) is 2. The molecule has 0 bridgehead atoms. The van der Waals surface area contributed by atoms with Crippen molar-refractivity contribution in [2.45, 2.75) is 40.5 Å². The van der Waals surface area contributed by atoms with Gasteiger partial charge in [0.25, 0.3) is 0 Å². The maximum Gasteiger partial charge on any atom is 0.0163 e. The summed E-state index contributed by atoms with van der Waals surface area (Å²) in [4.78, 5) is 2.53. The van der Waals surface area contributed by atoms with Crippen molar-refractivity contribution < 1.29 is 0 Å². The predicted molar refractivity (Wildman–Crippen MR) is 73.5 cm³/mol. The maximum atomic E-state index is 5.45. The van der Waals surface area contributed by atoms with Gasteiger partial charge in [-0.2, -0.15) is 0 Å². The minimum atomic E-state index is 0.655. The van der Waals surface area contributed by atoms with Gasteiger partial charge in [-0.05, 0) is 37.8 Å². The summed E-state index contributed by atoms with van der Waals surface area (Å²) in [5.74, 6) is 1.58. The Morgan fingerprint density at radius 3 is 1.81 bits per heavy atom. The summed E-state index contributed by atoms with van der Waals surface area (Å²) in [7, 11) is 0. The van der Waals surface area contributed by atoms with Gasteiger partial charge in [0.1, 0.15) is 0 Å². The molecule has 0 aliphatic rings. The minimum Gasteiger partial charge on any atom is -0.327 e. The Morgan fingerprint density at radius 1 is 0.938 bits per heavy atom. The van der Waals surface area contributed by atoms with Crippen LogP contribution in [0.2, 0.25) is 0 Å². The number of hydrogen-bond donors (Lipinski definition) is 1. The lowest BCUT2D eigenvalue weighted by Crippen LogP contribution is -2.28. The highest BCUT2D eigenvalue weighted by Crippen LogP contribution is 2.06. The summed E-state index contributed by atoms with van der Waals surface area (Å²) in [6.07, 6.45) is 6.82. The largest absolute Gasteiger partial charge is 0.327 e. The fourth-order valence-corrected chi connectivity index (χ4v) is 1.50. The molecular weight excluding hydrogens is 196 g/mol. The van der Waals surface area contributed by atoms with Crippen LogP contribution in [0.1, 0.15) is 40.5 Å². The monoisotopic (exact) mass is 226 g/mol. The van der Waals surface area contributed by atoms with E-state index in [0.717, 1.165) is 18.4 Å². The van der Waals surface area contributed by atoms with Crippen molar-refractivity contribution in [1.82, 2.24) is 4.90 Å². The fraction of sp³-hybridized carbons (Fsp3) is 0.857. The summed E-state index contributed by atoms with van der Waals surface area (Å²) in [5, 5.41) is 0. The van der Waals surface area contributed by atoms with E-state index < -0.39 is 0 Å². The highest BCUT2D eigenvalue weighted by Gasteiger charge is 2.05. The Hall–Kier alpha value is -0.340. The van der Waals surface area contributed by atoms with Crippen LogP contribution in [0.4, 0.5) is 0 Å². The maximum absolute atomic E-state index is 5.45. The Balaban J connectivity index is 3.89. The molecule has 0 amide bonds. The molecule has 0 saturated carbocycles. The molecule has 0 spiro atoms. The van der Waals surface area contributed by atoms with Gasteiger partial charge in [-0.1, -0.05) is 39.8 Å². The van der Waals surface area contributed by atoms with Gasteiger partial charge >= 0.3 is 0 Å². The van der Waals surface area contributed by atoms with E-state index in [-0.39, 0.29) is 0 Å². The van der Waals surface area contributed by atoms with E-state index >= 15 is 0 Å². The quantitative estimate of drug-likeness (QED) is 0.613. The van der Waals surface area contributed by atoms with Crippen LogP contribution in [0.3, 0.4) is 0 Å². The molecule has 0 aliphatic carbocycles. The second-order valence-corrected chi connectivity index (χ2v) is 5.37. The van der Waals surface area contributed by atoms with Crippen molar-refractivity contribution >= 4 is 0 Å². The molecule has 0 unspecified atom stereocenters. The van der Waals surface area contributed by atoms with Gasteiger partial charge in [0, 0.05) is 13.1 Å². The Bertz CT molecular complexity index is 162. The van der Waals surface area contributed by atoms with E-state index in [9.17, 15) is 0 Å². The van der Waals surface area contributed by atoms with Gasteiger partial charge < -0.3 is 5.73 Å². The molecule has 0 aromatic carbocycles. The van der Waals surface area contributed by atoms with Crippen LogP contribution in [0, 0.1) is 11.8 Å². The van der Waals surface area contributed by atoms with Crippen molar-refractivity contribution in [3.8, 4) is 0 Å². The van der Waals surface area contributed by atoms with Crippen LogP contribution >= 0.6 is 0 Å². The van der Waals surface area contributed by atoms with Crippen LogP contribution in [-0.2, 0) is 0 Å². The first-order valence-electron chi connectivity index (χ1n) is 6.63. The topological polar surface area (TPSA) is 29.3 Å². The lowest BCUT2D eigenvalue weighted by Gasteiger charge is -2.22. The van der Waals surface area contributed by atoms with E-state index in [4.69, 9.17) is 5.73 Å². The Kier molecular flexibility index (Phi) is 9.65. The van der Waals surface area contributed by atoms with Crippen LogP contribution in [0.5, 0.6) is 0 Å². The third-order valence-electron chi connectivity index (χ3n) is 2.71. The summed E-state index contributed by atoms with van der Waals surface area (Å²) >= 11 is 0. The molecule has 0 rings (SSSR count). The summed E-state index contributed by atoms with van der Waals surface area (Å²) in [5.41, 5.74) is 5.45. The normalized spacial score (nSPS) is 12.5. The number of nitrogens with zero attached hydrogens (tertiary/aromatic N) is 1. The molecule has 96 valence electrons. The molecule has 0 heterocycles. The third kappa shape index (κ3) is 10.2. The molecule has 2 N–H and O–H groups in total. The van der Waals surface area contributed by atoms with Crippen LogP contribution in [-0.4, -0.2) is 31.1 Å². The van der Waals surface area contributed by atoms with E-state index in [0.29, 0.717) is 6.54 Å². The SMILES string of the molecule is CC(C)CCN(C/C=C/CN)CCC(C)C. The first kappa shape index (κ1) is 15.7. The van der Waals surface area contributed by atoms with Gasteiger partial charge in [-0.25, -0.2) is 0 Å². The van der Waals surface area contributed by atoms with Crippen molar-refractivity contribution in [2.24, 2.45) is 17.6 Å². The first-order chi connectivity index (χ1) is 7.56. The molecule has 0 atom stereocenters. The average Bonchev–Trinajstić information content (AvgIpc) is 2.21. The lowest BCUT2D eigenvalue weighted by molar-refractivity contribution is 0.266. The third-order valence-corrected chi connectivity index (χ3v) is 2.71. The van der Waals surface area contributed by atoms with Crippen LogP contribution in [0.15, 0.2) is 12.2 Å². The smallest absolute Gasteiger partial charge is 0.0163 e. The van der Waals surface area contributed by atoms with Crippen molar-refractivity contribution in [2.75, 3.05) is 26.2 Å². The molecule has 0 fully saturated rings. The molecule has 0 aliphatic heterocycles. The Labute approximate surface area is 102 Å². The zero-order valence-electron chi connectivity index (χ0n) is 11.6. The van der Waals surface area contributed by atoms with Gasteiger partial charge in [-0.3, -0.25) is 4.90 Å². The molecule has 0 aromatic heterocycles. The fourth-order valence-electron chi connectivity index (χ4n) is 1.50. The molecular formula is C14H30N2. The number of rotatable bonds is 9. The molecule has 16 heavy (non-hydrogen) atoms. The van der Waals surface area contributed by atoms with Crippen molar-refractivity contribution in [3.63, 3.8) is 0 Å². The molecule has 0 saturated heterocycles. The average molecular weight is 226 g/mol. The summed E-state index contributed by atoms with van der Waals surface area (Å²) in [6.45, 7) is 13.3. The summed E-state index contributed by atoms with van der Waals surface area (Å²) < 4.78 is 0. The van der Waals surface area contributed by atoms with E-state index in [1.807, 2.05) is 0 Å². The zero-order chi connectivity index (χ0) is 12.4. The van der Waals surface area contributed by atoms with Gasteiger partial charge in [-0.15, -0.1) is 0 Å². The first-order valence-corrected chi connectivity index (χ1v) is 6.63. The second kappa shape index (κ2) is 9.86. The highest BCUT2D eigenvalue weighted by atomic mass is 15.1. The standard InChI is InChI=1S/C14H30N2/c1-13(2)7-11-16(10-6-5-9-15)12-8-14(3)4/h5-6,13-14H,7-12,15H2,1-4H3/b6-5+.